The number of rotatable bonds is 2. The van der Waals surface area contributed by atoms with Crippen molar-refractivity contribution < 1.29 is 9.84 Å². The second-order valence-corrected chi connectivity index (χ2v) is 3.55. The molecule has 1 aliphatic rings. The molecular formula is C11H15NO2. The number of aromatic hydroxyl groups is 1. The molecule has 1 aromatic carbocycles. The van der Waals surface area contributed by atoms with Gasteiger partial charge in [0.15, 0.2) is 0 Å². The average Bonchev–Trinajstić information content (AvgIpc) is 2.65. The summed E-state index contributed by atoms with van der Waals surface area (Å²) in [6.07, 6.45) is 2.37. The van der Waals surface area contributed by atoms with Gasteiger partial charge in [-0.25, -0.2) is 0 Å². The maximum absolute atomic E-state index is 9.36. The number of nitrogens with zero attached hydrogens (tertiary/aromatic N) is 1. The van der Waals surface area contributed by atoms with Crippen LogP contribution in [0.4, 0.5) is 5.69 Å². The van der Waals surface area contributed by atoms with Crippen LogP contribution in [0, 0.1) is 0 Å². The highest BCUT2D eigenvalue weighted by Gasteiger charge is 2.24. The fourth-order valence-corrected chi connectivity index (χ4v) is 1.95. The number of anilines is 1. The summed E-state index contributed by atoms with van der Waals surface area (Å²) in [6, 6.07) is 7.31. The highest BCUT2D eigenvalue weighted by Crippen LogP contribution is 2.27. The van der Waals surface area contributed by atoms with E-state index in [9.17, 15) is 5.11 Å². The Morgan fingerprint density at radius 2 is 2.36 bits per heavy atom. The Morgan fingerprint density at radius 1 is 1.50 bits per heavy atom. The molecule has 0 radical (unpaired) electrons. The van der Waals surface area contributed by atoms with Crippen LogP contribution in [0.5, 0.6) is 5.75 Å². The molecule has 1 unspecified atom stereocenters. The first-order valence-electron chi connectivity index (χ1n) is 4.90. The van der Waals surface area contributed by atoms with Crippen molar-refractivity contribution in [3.8, 4) is 5.75 Å². The fourth-order valence-electron chi connectivity index (χ4n) is 1.95. The molecule has 0 aromatic heterocycles. The van der Waals surface area contributed by atoms with Gasteiger partial charge in [-0.1, -0.05) is 6.07 Å². The van der Waals surface area contributed by atoms with Crippen LogP contribution < -0.4 is 4.90 Å². The lowest BCUT2D eigenvalue weighted by molar-refractivity contribution is 0.111. The lowest BCUT2D eigenvalue weighted by atomic mass is 10.3. The Labute approximate surface area is 83.9 Å². The second-order valence-electron chi connectivity index (χ2n) is 3.55. The zero-order valence-electron chi connectivity index (χ0n) is 8.31. The monoisotopic (exact) mass is 193 g/mol. The van der Waals surface area contributed by atoms with E-state index in [0.29, 0.717) is 5.75 Å². The summed E-state index contributed by atoms with van der Waals surface area (Å²) in [5, 5.41) is 9.36. The first-order chi connectivity index (χ1) is 6.81. The van der Waals surface area contributed by atoms with E-state index < -0.39 is 0 Å². The van der Waals surface area contributed by atoms with Gasteiger partial charge in [0, 0.05) is 25.4 Å². The summed E-state index contributed by atoms with van der Waals surface area (Å²) in [4.78, 5) is 2.18. The molecule has 1 fully saturated rings. The summed E-state index contributed by atoms with van der Waals surface area (Å²) in [7, 11) is 1.73. The van der Waals surface area contributed by atoms with Crippen LogP contribution in [-0.4, -0.2) is 25.0 Å². The first-order valence-corrected chi connectivity index (χ1v) is 4.90. The van der Waals surface area contributed by atoms with Crippen molar-refractivity contribution in [2.45, 2.75) is 19.1 Å². The van der Waals surface area contributed by atoms with E-state index in [-0.39, 0.29) is 6.23 Å². The number of ether oxygens (including phenoxy) is 1. The van der Waals surface area contributed by atoms with Crippen LogP contribution in [0.15, 0.2) is 24.3 Å². The van der Waals surface area contributed by atoms with Crippen LogP contribution in [-0.2, 0) is 4.74 Å². The quantitative estimate of drug-likeness (QED) is 0.779. The van der Waals surface area contributed by atoms with E-state index in [0.717, 1.165) is 25.1 Å². The van der Waals surface area contributed by atoms with E-state index in [1.165, 1.54) is 0 Å². The van der Waals surface area contributed by atoms with Crippen LogP contribution in [0.25, 0.3) is 0 Å². The summed E-state index contributed by atoms with van der Waals surface area (Å²) in [6.45, 7) is 1.00. The summed E-state index contributed by atoms with van der Waals surface area (Å²) < 4.78 is 5.36. The van der Waals surface area contributed by atoms with Crippen molar-refractivity contribution in [3.05, 3.63) is 24.3 Å². The number of hydrogen-bond acceptors (Lipinski definition) is 3. The van der Waals surface area contributed by atoms with E-state index in [1.807, 2.05) is 12.1 Å². The third-order valence-corrected chi connectivity index (χ3v) is 2.63. The number of methoxy groups -OCH3 is 1. The molecule has 1 N–H and O–H groups in total. The van der Waals surface area contributed by atoms with Crippen LogP contribution in [0.3, 0.4) is 0 Å². The Balaban J connectivity index is 2.21. The van der Waals surface area contributed by atoms with Gasteiger partial charge in [-0.15, -0.1) is 0 Å². The molecule has 1 aliphatic heterocycles. The second kappa shape index (κ2) is 3.88. The molecule has 3 nitrogen and oxygen atoms in total. The zero-order chi connectivity index (χ0) is 9.97. The topological polar surface area (TPSA) is 32.7 Å². The van der Waals surface area contributed by atoms with Crippen molar-refractivity contribution >= 4 is 5.69 Å². The summed E-state index contributed by atoms with van der Waals surface area (Å²) in [5.41, 5.74) is 1.04. The highest BCUT2D eigenvalue weighted by molar-refractivity contribution is 5.51. The molecular weight excluding hydrogens is 178 g/mol. The largest absolute Gasteiger partial charge is 0.508 e. The van der Waals surface area contributed by atoms with Crippen LogP contribution in [0.1, 0.15) is 12.8 Å². The maximum Gasteiger partial charge on any atom is 0.129 e. The minimum Gasteiger partial charge on any atom is -0.508 e. The summed E-state index contributed by atoms with van der Waals surface area (Å²) >= 11 is 0. The number of phenols is 1. The molecule has 0 amide bonds. The maximum atomic E-state index is 9.36. The SMILES string of the molecule is COC1CCCN1c1cccc(O)c1. The Bertz CT molecular complexity index is 314. The minimum absolute atomic E-state index is 0.164. The van der Waals surface area contributed by atoms with Crippen LogP contribution in [0.2, 0.25) is 0 Å². The van der Waals surface area contributed by atoms with E-state index in [4.69, 9.17) is 4.74 Å². The first kappa shape index (κ1) is 9.34. The molecule has 0 spiro atoms. The molecule has 0 saturated carbocycles. The number of hydrogen-bond donors (Lipinski definition) is 1. The van der Waals surface area contributed by atoms with Gasteiger partial charge in [0.2, 0.25) is 0 Å². The zero-order valence-corrected chi connectivity index (χ0v) is 8.31. The van der Waals surface area contributed by atoms with Gasteiger partial charge in [-0.3, -0.25) is 0 Å². The number of benzene rings is 1. The van der Waals surface area contributed by atoms with Gasteiger partial charge in [-0.05, 0) is 25.0 Å². The highest BCUT2D eigenvalue weighted by atomic mass is 16.5. The van der Waals surface area contributed by atoms with Crippen molar-refractivity contribution in [2.24, 2.45) is 0 Å². The van der Waals surface area contributed by atoms with Gasteiger partial charge in [0.1, 0.15) is 12.0 Å². The standard InChI is InChI=1S/C11H15NO2/c1-14-11-6-3-7-12(11)9-4-2-5-10(13)8-9/h2,4-5,8,11,13H,3,6-7H2,1H3. The van der Waals surface area contributed by atoms with Crippen LogP contribution >= 0.6 is 0 Å². The molecule has 76 valence electrons. The molecule has 1 atom stereocenters. The van der Waals surface area contributed by atoms with Crippen molar-refractivity contribution in [1.29, 1.82) is 0 Å². The third-order valence-electron chi connectivity index (χ3n) is 2.63. The fraction of sp³-hybridized carbons (Fsp3) is 0.455. The Hall–Kier alpha value is -1.22. The molecule has 0 aliphatic carbocycles. The Morgan fingerprint density at radius 3 is 3.07 bits per heavy atom. The molecule has 2 rings (SSSR count). The van der Waals surface area contributed by atoms with Gasteiger partial charge in [-0.2, -0.15) is 0 Å². The van der Waals surface area contributed by atoms with Gasteiger partial charge in [0.05, 0.1) is 0 Å². The smallest absolute Gasteiger partial charge is 0.129 e. The molecule has 0 bridgehead atoms. The predicted octanol–water partition coefficient (Wildman–Crippen LogP) is 1.96. The molecule has 3 heteroatoms. The minimum atomic E-state index is 0.164. The van der Waals surface area contributed by atoms with E-state index >= 15 is 0 Å². The molecule has 1 aromatic rings. The molecule has 1 saturated heterocycles. The average molecular weight is 193 g/mol. The van der Waals surface area contributed by atoms with E-state index in [2.05, 4.69) is 4.90 Å². The third kappa shape index (κ3) is 1.68. The molecule has 1 heterocycles. The van der Waals surface area contributed by atoms with Gasteiger partial charge >= 0.3 is 0 Å². The van der Waals surface area contributed by atoms with Gasteiger partial charge < -0.3 is 14.7 Å². The van der Waals surface area contributed by atoms with Crippen molar-refractivity contribution in [1.82, 2.24) is 0 Å². The van der Waals surface area contributed by atoms with Crippen molar-refractivity contribution in [2.75, 3.05) is 18.6 Å². The van der Waals surface area contributed by atoms with Crippen molar-refractivity contribution in [3.63, 3.8) is 0 Å². The lowest BCUT2D eigenvalue weighted by Gasteiger charge is -2.25. The lowest BCUT2D eigenvalue weighted by Crippen LogP contribution is -2.30. The Kier molecular flexibility index (Phi) is 2.59. The summed E-state index contributed by atoms with van der Waals surface area (Å²) in [5.74, 6) is 0.309. The normalized spacial score (nSPS) is 21.5. The number of phenolic OH excluding ortho intramolecular Hbond substituents is 1. The van der Waals surface area contributed by atoms with E-state index in [1.54, 1.807) is 19.2 Å². The predicted molar refractivity (Wildman–Crippen MR) is 55.5 cm³/mol. The molecule has 14 heavy (non-hydrogen) atoms. The van der Waals surface area contributed by atoms with Gasteiger partial charge in [0.25, 0.3) is 0 Å².